The summed E-state index contributed by atoms with van der Waals surface area (Å²) < 4.78 is 21.3. The highest BCUT2D eigenvalue weighted by Gasteiger charge is 2.38. The van der Waals surface area contributed by atoms with Crippen LogP contribution in [0.2, 0.25) is 0 Å². The second-order valence-electron chi connectivity index (χ2n) is 8.11. The molecule has 0 radical (unpaired) electrons. The van der Waals surface area contributed by atoms with E-state index in [4.69, 9.17) is 4.74 Å². The number of hydrogen-bond acceptors (Lipinski definition) is 4. The van der Waals surface area contributed by atoms with Crippen molar-refractivity contribution < 1.29 is 14.2 Å². The van der Waals surface area contributed by atoms with Gasteiger partial charge in [0.1, 0.15) is 5.82 Å². The number of hydrogen-bond donors (Lipinski definition) is 2. The number of likely N-dealkylation sites (tertiary alicyclic amines) is 1. The first-order chi connectivity index (χ1) is 14.1. The second-order valence-corrected chi connectivity index (χ2v) is 9.02. The highest BCUT2D eigenvalue weighted by molar-refractivity contribution is 9.10. The maximum atomic E-state index is 14.2. The summed E-state index contributed by atoms with van der Waals surface area (Å²) in [6.45, 7) is 3.31. The van der Waals surface area contributed by atoms with Gasteiger partial charge >= 0.3 is 0 Å². The maximum Gasteiger partial charge on any atom is 0.147 e. The Bertz CT molecular complexity index is 780. The van der Waals surface area contributed by atoms with Gasteiger partial charge in [0.05, 0.1) is 24.0 Å². The van der Waals surface area contributed by atoms with E-state index in [1.54, 1.807) is 0 Å². The molecule has 0 bridgehead atoms. The van der Waals surface area contributed by atoms with E-state index in [-0.39, 0.29) is 24.1 Å². The zero-order valence-corrected chi connectivity index (χ0v) is 18.0. The first-order valence-corrected chi connectivity index (χ1v) is 11.2. The molecule has 2 saturated heterocycles. The molecule has 4 nitrogen and oxygen atoms in total. The Hall–Kier alpha value is -1.47. The molecule has 2 fully saturated rings. The number of anilines is 1. The summed E-state index contributed by atoms with van der Waals surface area (Å²) in [6, 6.07) is 15.5. The maximum absolute atomic E-state index is 14.2. The largest absolute Gasteiger partial charge is 0.392 e. The van der Waals surface area contributed by atoms with Gasteiger partial charge in [0, 0.05) is 42.1 Å². The monoisotopic (exact) mass is 462 g/mol. The zero-order chi connectivity index (χ0) is 20.2. The fourth-order valence-corrected chi connectivity index (χ4v) is 4.94. The third-order valence-electron chi connectivity index (χ3n) is 5.94. The number of halogens is 2. The van der Waals surface area contributed by atoms with Crippen LogP contribution in [-0.4, -0.2) is 48.4 Å². The molecule has 0 saturated carbocycles. The molecule has 156 valence electrons. The van der Waals surface area contributed by atoms with Gasteiger partial charge in [0.25, 0.3) is 0 Å². The van der Waals surface area contributed by atoms with Crippen LogP contribution in [0.15, 0.2) is 53.0 Å². The summed E-state index contributed by atoms with van der Waals surface area (Å²) in [5.74, 6) is 0.179. The molecule has 0 aromatic heterocycles. The molecule has 0 spiro atoms. The fraction of sp³-hybridized carbons (Fsp3) is 0.478. The molecule has 2 N–H and O–H groups in total. The minimum absolute atomic E-state index is 0.0375. The summed E-state index contributed by atoms with van der Waals surface area (Å²) in [4.78, 5) is 2.28. The second kappa shape index (κ2) is 9.56. The van der Waals surface area contributed by atoms with E-state index in [2.05, 4.69) is 26.1 Å². The number of aliphatic hydroxyl groups is 1. The van der Waals surface area contributed by atoms with Gasteiger partial charge in [0.2, 0.25) is 0 Å². The first kappa shape index (κ1) is 20.8. The molecule has 3 aliphatic heterocycles. The van der Waals surface area contributed by atoms with Gasteiger partial charge in [-0.2, -0.15) is 0 Å². The normalized spacial score (nSPS) is 28.5. The van der Waals surface area contributed by atoms with E-state index in [1.807, 2.05) is 42.5 Å². The molecule has 6 heteroatoms. The van der Waals surface area contributed by atoms with E-state index in [1.165, 1.54) is 6.07 Å². The Morgan fingerprint density at radius 2 is 1.83 bits per heavy atom. The average molecular weight is 463 g/mol. The first-order valence-electron chi connectivity index (χ1n) is 10.4. The summed E-state index contributed by atoms with van der Waals surface area (Å²) in [6.07, 6.45) is 2.90. The van der Waals surface area contributed by atoms with Gasteiger partial charge in [0.15, 0.2) is 0 Å². The van der Waals surface area contributed by atoms with E-state index >= 15 is 0 Å². The molecule has 0 aliphatic carbocycles. The molecule has 4 unspecified atom stereocenters. The van der Waals surface area contributed by atoms with Crippen molar-refractivity contribution in [3.8, 4) is 0 Å². The molecule has 5 rings (SSSR count). The lowest BCUT2D eigenvalue weighted by molar-refractivity contribution is -0.0934. The molecule has 4 atom stereocenters. The zero-order valence-electron chi connectivity index (χ0n) is 16.4. The Labute approximate surface area is 180 Å². The minimum atomic E-state index is -0.221. The molecular weight excluding hydrogens is 435 g/mol. The molecule has 29 heavy (non-hydrogen) atoms. The van der Waals surface area contributed by atoms with Gasteiger partial charge in [-0.05, 0) is 31.4 Å². The predicted octanol–water partition coefficient (Wildman–Crippen LogP) is 4.60. The lowest BCUT2D eigenvalue weighted by Crippen LogP contribution is -2.41. The Morgan fingerprint density at radius 3 is 2.48 bits per heavy atom. The summed E-state index contributed by atoms with van der Waals surface area (Å²) >= 11 is 3.39. The lowest BCUT2D eigenvalue weighted by atomic mass is 9.84. The molecule has 3 aliphatic rings. The smallest absolute Gasteiger partial charge is 0.147 e. The van der Waals surface area contributed by atoms with Crippen molar-refractivity contribution in [2.45, 2.75) is 37.6 Å². The van der Waals surface area contributed by atoms with Crippen molar-refractivity contribution in [2.24, 2.45) is 5.92 Å². The number of nitrogens with one attached hydrogen (secondary N) is 1. The molecule has 3 heterocycles. The van der Waals surface area contributed by atoms with Crippen molar-refractivity contribution in [3.63, 3.8) is 0 Å². The minimum Gasteiger partial charge on any atom is -0.392 e. The number of β-amino-alcohol motifs (C(OH)–C–C–N with tert-alkyl or cyclic N) is 1. The number of nitrogens with zero attached hydrogens (tertiary/aromatic N) is 1. The molecule has 0 amide bonds. The lowest BCUT2D eigenvalue weighted by Gasteiger charge is -2.42. The number of fused-ring (bicyclic) bond motifs is 3. The quantitative estimate of drug-likeness (QED) is 0.684. The average Bonchev–Trinajstić information content (AvgIpc) is 3.14. The van der Waals surface area contributed by atoms with Gasteiger partial charge in [-0.25, -0.2) is 4.39 Å². The Kier molecular flexibility index (Phi) is 6.85. The van der Waals surface area contributed by atoms with Gasteiger partial charge in [-0.1, -0.05) is 52.3 Å². The van der Waals surface area contributed by atoms with E-state index in [9.17, 15) is 9.50 Å². The van der Waals surface area contributed by atoms with E-state index in [0.717, 1.165) is 55.5 Å². The number of aliphatic hydroxyl groups excluding tert-OH is 1. The van der Waals surface area contributed by atoms with Gasteiger partial charge < -0.3 is 15.2 Å². The van der Waals surface area contributed by atoms with Crippen LogP contribution in [0, 0.1) is 11.7 Å². The number of benzene rings is 2. The standard InChI is InChI=1S/C17H22BrFN2O2.C6H6/c18-11-5-14-16(15(19)6-11)20-7-10-1-2-13(23-17(10)14)9-21-4-3-12(22)8-21;1-2-4-6-5-3-1/h5-6,10,12-13,17,20,22H,1-4,7-9H2;1-6H. The SMILES string of the molecule is OC1CCN(CC2CCC3CNc4c(F)cc(Br)cc4C3O2)C1.c1ccccc1. The van der Waals surface area contributed by atoms with Crippen LogP contribution in [0.25, 0.3) is 0 Å². The van der Waals surface area contributed by atoms with Crippen molar-refractivity contribution in [2.75, 3.05) is 31.5 Å². The third-order valence-corrected chi connectivity index (χ3v) is 6.39. The Balaban J connectivity index is 0.000000294. The predicted molar refractivity (Wildman–Crippen MR) is 116 cm³/mol. The van der Waals surface area contributed by atoms with E-state index in [0.29, 0.717) is 11.6 Å². The van der Waals surface area contributed by atoms with Crippen LogP contribution in [0.3, 0.4) is 0 Å². The molecule has 2 aromatic carbocycles. The van der Waals surface area contributed by atoms with Crippen LogP contribution < -0.4 is 5.32 Å². The third kappa shape index (κ3) is 5.18. The topological polar surface area (TPSA) is 44.7 Å². The summed E-state index contributed by atoms with van der Waals surface area (Å²) in [5.41, 5.74) is 1.52. The summed E-state index contributed by atoms with van der Waals surface area (Å²) in [7, 11) is 0. The van der Waals surface area contributed by atoms with Crippen LogP contribution in [-0.2, 0) is 4.74 Å². The van der Waals surface area contributed by atoms with Crippen LogP contribution in [0.1, 0.15) is 30.9 Å². The Morgan fingerprint density at radius 1 is 1.10 bits per heavy atom. The molecule has 2 aromatic rings. The van der Waals surface area contributed by atoms with Crippen molar-refractivity contribution in [1.82, 2.24) is 4.90 Å². The highest BCUT2D eigenvalue weighted by Crippen LogP contribution is 2.44. The fourth-order valence-electron chi connectivity index (χ4n) is 4.50. The van der Waals surface area contributed by atoms with Crippen LogP contribution in [0.5, 0.6) is 0 Å². The van der Waals surface area contributed by atoms with Gasteiger partial charge in [-0.3, -0.25) is 4.90 Å². The van der Waals surface area contributed by atoms with Crippen molar-refractivity contribution >= 4 is 21.6 Å². The van der Waals surface area contributed by atoms with Crippen LogP contribution >= 0.6 is 15.9 Å². The van der Waals surface area contributed by atoms with Crippen molar-refractivity contribution in [3.05, 3.63) is 64.4 Å². The van der Waals surface area contributed by atoms with Crippen LogP contribution in [0.4, 0.5) is 10.1 Å². The van der Waals surface area contributed by atoms with Gasteiger partial charge in [-0.15, -0.1) is 0 Å². The number of rotatable bonds is 2. The summed E-state index contributed by atoms with van der Waals surface area (Å²) in [5, 5.41) is 12.9. The number of ether oxygens (including phenoxy) is 1. The highest BCUT2D eigenvalue weighted by atomic mass is 79.9. The van der Waals surface area contributed by atoms with E-state index < -0.39 is 0 Å². The molecular formula is C23H28BrFN2O2. The van der Waals surface area contributed by atoms with Crippen molar-refractivity contribution in [1.29, 1.82) is 0 Å².